The first kappa shape index (κ1) is 15.2. The zero-order valence-electron chi connectivity index (χ0n) is 11.6. The molecule has 0 amide bonds. The quantitative estimate of drug-likeness (QED) is 0.741. The van der Waals surface area contributed by atoms with E-state index in [2.05, 4.69) is 0 Å². The maximum Gasteiger partial charge on any atom is 0.303 e. The summed E-state index contributed by atoms with van der Waals surface area (Å²) in [6, 6.07) is 9.56. The van der Waals surface area contributed by atoms with Crippen molar-refractivity contribution in [2.75, 3.05) is 0 Å². The van der Waals surface area contributed by atoms with E-state index >= 15 is 0 Å². The van der Waals surface area contributed by atoms with Crippen LogP contribution >= 0.6 is 0 Å². The molecule has 2 atom stereocenters. The molecule has 0 aliphatic heterocycles. The first-order chi connectivity index (χ1) is 8.99. The number of carbonyl (C=O) groups excluding carboxylic acids is 2. The summed E-state index contributed by atoms with van der Waals surface area (Å²) in [4.78, 5) is 22.0. The summed E-state index contributed by atoms with van der Waals surface area (Å²) in [6.07, 6.45) is 0.792. The van der Waals surface area contributed by atoms with E-state index in [0.29, 0.717) is 12.8 Å². The number of hydrogen-bond donors (Lipinski definition) is 0. The SMILES string of the molecule is CC(=O)O[C@H](C)CC[C@@H](OC(C)=O)c1ccccc1. The highest BCUT2D eigenvalue weighted by atomic mass is 16.5. The minimum Gasteiger partial charge on any atom is -0.463 e. The highest BCUT2D eigenvalue weighted by Crippen LogP contribution is 2.24. The first-order valence-electron chi connectivity index (χ1n) is 6.38. The topological polar surface area (TPSA) is 52.6 Å². The molecule has 0 fully saturated rings. The van der Waals surface area contributed by atoms with Crippen LogP contribution in [0.4, 0.5) is 0 Å². The lowest BCUT2D eigenvalue weighted by atomic mass is 10.0. The Hall–Kier alpha value is -1.84. The van der Waals surface area contributed by atoms with Gasteiger partial charge >= 0.3 is 11.9 Å². The molecule has 1 rings (SSSR count). The van der Waals surface area contributed by atoms with Gasteiger partial charge < -0.3 is 9.47 Å². The van der Waals surface area contributed by atoms with Crippen LogP contribution in [0, 0.1) is 0 Å². The molecule has 1 aromatic rings. The summed E-state index contributed by atoms with van der Waals surface area (Å²) in [5.74, 6) is -0.606. The molecule has 19 heavy (non-hydrogen) atoms. The number of esters is 2. The van der Waals surface area contributed by atoms with Crippen LogP contribution in [0.1, 0.15) is 45.3 Å². The third kappa shape index (κ3) is 6.04. The van der Waals surface area contributed by atoms with Gasteiger partial charge in [-0.1, -0.05) is 30.3 Å². The van der Waals surface area contributed by atoms with Crippen molar-refractivity contribution in [3.05, 3.63) is 35.9 Å². The van der Waals surface area contributed by atoms with E-state index in [-0.39, 0.29) is 24.1 Å². The monoisotopic (exact) mass is 264 g/mol. The van der Waals surface area contributed by atoms with Gasteiger partial charge in [-0.3, -0.25) is 9.59 Å². The van der Waals surface area contributed by atoms with Crippen LogP contribution in [0.3, 0.4) is 0 Å². The van der Waals surface area contributed by atoms with Gasteiger partial charge in [0, 0.05) is 13.8 Å². The summed E-state index contributed by atoms with van der Waals surface area (Å²) in [6.45, 7) is 4.61. The van der Waals surface area contributed by atoms with E-state index in [1.165, 1.54) is 13.8 Å². The smallest absolute Gasteiger partial charge is 0.303 e. The molecule has 0 bridgehead atoms. The molecular formula is C15H20O4. The fourth-order valence-corrected chi connectivity index (χ4v) is 1.89. The number of benzene rings is 1. The second-order valence-corrected chi connectivity index (χ2v) is 4.51. The van der Waals surface area contributed by atoms with Crippen LogP contribution in [-0.2, 0) is 19.1 Å². The zero-order chi connectivity index (χ0) is 14.3. The summed E-state index contributed by atoms with van der Waals surface area (Å²) >= 11 is 0. The number of carbonyl (C=O) groups is 2. The van der Waals surface area contributed by atoms with E-state index in [4.69, 9.17) is 9.47 Å². The highest BCUT2D eigenvalue weighted by Gasteiger charge is 2.16. The molecule has 4 heteroatoms. The van der Waals surface area contributed by atoms with Crippen LogP contribution in [0.5, 0.6) is 0 Å². The van der Waals surface area contributed by atoms with Gasteiger partial charge in [0.25, 0.3) is 0 Å². The summed E-state index contributed by atoms with van der Waals surface area (Å²) in [7, 11) is 0. The summed E-state index contributed by atoms with van der Waals surface area (Å²) in [5, 5.41) is 0. The third-order valence-electron chi connectivity index (χ3n) is 2.68. The fourth-order valence-electron chi connectivity index (χ4n) is 1.89. The average Bonchev–Trinajstić information content (AvgIpc) is 2.34. The van der Waals surface area contributed by atoms with Crippen LogP contribution < -0.4 is 0 Å². The van der Waals surface area contributed by atoms with Crippen molar-refractivity contribution in [3.63, 3.8) is 0 Å². The van der Waals surface area contributed by atoms with E-state index in [1.54, 1.807) is 0 Å². The molecule has 0 saturated carbocycles. The second kappa shape index (κ2) is 7.56. The van der Waals surface area contributed by atoms with Gasteiger partial charge in [0.2, 0.25) is 0 Å². The molecule has 0 aliphatic rings. The molecule has 0 aromatic heterocycles. The van der Waals surface area contributed by atoms with Gasteiger partial charge in [-0.2, -0.15) is 0 Å². The van der Waals surface area contributed by atoms with Crippen molar-refractivity contribution in [1.29, 1.82) is 0 Å². The molecule has 1 aromatic carbocycles. The maximum atomic E-state index is 11.1. The molecule has 0 radical (unpaired) electrons. The van der Waals surface area contributed by atoms with Crippen molar-refractivity contribution in [2.45, 2.75) is 45.8 Å². The highest BCUT2D eigenvalue weighted by molar-refractivity contribution is 5.66. The second-order valence-electron chi connectivity index (χ2n) is 4.51. The molecule has 4 nitrogen and oxygen atoms in total. The van der Waals surface area contributed by atoms with Crippen LogP contribution in [0.2, 0.25) is 0 Å². The standard InChI is InChI=1S/C15H20O4/c1-11(18-12(2)16)9-10-15(19-13(3)17)14-7-5-4-6-8-14/h4-8,11,15H,9-10H2,1-3H3/t11-,15-/m1/s1. The third-order valence-corrected chi connectivity index (χ3v) is 2.68. The van der Waals surface area contributed by atoms with E-state index < -0.39 is 0 Å². The largest absolute Gasteiger partial charge is 0.463 e. The van der Waals surface area contributed by atoms with Gasteiger partial charge in [0.15, 0.2) is 0 Å². The zero-order valence-corrected chi connectivity index (χ0v) is 11.6. The Balaban J connectivity index is 2.60. The Kier molecular flexibility index (Phi) is 6.06. The normalized spacial score (nSPS) is 13.4. The Labute approximate surface area is 113 Å². The Morgan fingerprint density at radius 1 is 1.00 bits per heavy atom. The number of hydrogen-bond acceptors (Lipinski definition) is 4. The summed E-state index contributed by atoms with van der Waals surface area (Å²) in [5.41, 5.74) is 0.952. The minimum absolute atomic E-state index is 0.181. The Bertz CT molecular complexity index is 413. The van der Waals surface area contributed by atoms with Crippen LogP contribution in [0.15, 0.2) is 30.3 Å². The first-order valence-corrected chi connectivity index (χ1v) is 6.38. The van der Waals surface area contributed by atoms with Crippen molar-refractivity contribution in [3.8, 4) is 0 Å². The van der Waals surface area contributed by atoms with Crippen molar-refractivity contribution in [1.82, 2.24) is 0 Å². The Morgan fingerprint density at radius 2 is 1.58 bits per heavy atom. The number of ether oxygens (including phenoxy) is 2. The predicted molar refractivity (Wildman–Crippen MR) is 71.4 cm³/mol. The van der Waals surface area contributed by atoms with Gasteiger partial charge in [0.1, 0.15) is 6.10 Å². The molecular weight excluding hydrogens is 244 g/mol. The maximum absolute atomic E-state index is 11.1. The lowest BCUT2D eigenvalue weighted by Gasteiger charge is -2.19. The predicted octanol–water partition coefficient (Wildman–Crippen LogP) is 3.02. The molecule has 0 heterocycles. The van der Waals surface area contributed by atoms with Gasteiger partial charge in [-0.15, -0.1) is 0 Å². The van der Waals surface area contributed by atoms with Crippen molar-refractivity contribution >= 4 is 11.9 Å². The molecule has 0 saturated heterocycles. The number of rotatable bonds is 6. The lowest BCUT2D eigenvalue weighted by molar-refractivity contribution is -0.150. The molecule has 104 valence electrons. The minimum atomic E-state index is -0.311. The van der Waals surface area contributed by atoms with Gasteiger partial charge in [-0.25, -0.2) is 0 Å². The van der Waals surface area contributed by atoms with E-state index in [0.717, 1.165) is 5.56 Å². The van der Waals surface area contributed by atoms with Crippen molar-refractivity contribution < 1.29 is 19.1 Å². The molecule has 0 N–H and O–H groups in total. The van der Waals surface area contributed by atoms with E-state index in [9.17, 15) is 9.59 Å². The Morgan fingerprint density at radius 3 is 2.11 bits per heavy atom. The van der Waals surface area contributed by atoms with Crippen LogP contribution in [-0.4, -0.2) is 18.0 Å². The summed E-state index contributed by atoms with van der Waals surface area (Å²) < 4.78 is 10.4. The molecule has 0 aliphatic carbocycles. The molecule has 0 spiro atoms. The van der Waals surface area contributed by atoms with E-state index in [1.807, 2.05) is 37.3 Å². The van der Waals surface area contributed by atoms with Crippen LogP contribution in [0.25, 0.3) is 0 Å². The van der Waals surface area contributed by atoms with Gasteiger partial charge in [0.05, 0.1) is 6.10 Å². The average molecular weight is 264 g/mol. The van der Waals surface area contributed by atoms with Gasteiger partial charge in [-0.05, 0) is 25.3 Å². The molecule has 0 unspecified atom stereocenters. The van der Waals surface area contributed by atoms with Crippen molar-refractivity contribution in [2.24, 2.45) is 0 Å². The lowest BCUT2D eigenvalue weighted by Crippen LogP contribution is -2.15. The fraction of sp³-hybridized carbons (Fsp3) is 0.467.